The van der Waals surface area contributed by atoms with Gasteiger partial charge in [0, 0.05) is 11.6 Å². The van der Waals surface area contributed by atoms with Crippen molar-refractivity contribution in [2.45, 2.75) is 10.9 Å². The second-order valence-electron chi connectivity index (χ2n) is 6.85. The van der Waals surface area contributed by atoms with E-state index in [1.165, 1.54) is 42.7 Å². The molecule has 0 bridgehead atoms. The Morgan fingerprint density at radius 3 is 1.93 bits per heavy atom. The van der Waals surface area contributed by atoms with E-state index >= 15 is 0 Å². The van der Waals surface area contributed by atoms with Crippen LogP contribution in [0.3, 0.4) is 0 Å². The molecule has 0 aliphatic carbocycles. The summed E-state index contributed by atoms with van der Waals surface area (Å²) >= 11 is 0. The smallest absolute Gasteiger partial charge is 0.175 e. The fraction of sp³-hybridized carbons (Fsp3) is 0.0909. The molecule has 0 radical (unpaired) electrons. The average molecular weight is 425 g/mol. The Morgan fingerprint density at radius 1 is 0.833 bits per heavy atom. The summed E-state index contributed by atoms with van der Waals surface area (Å²) in [6, 6.07) is 16.0. The zero-order chi connectivity index (χ0) is 21.3. The van der Waals surface area contributed by atoms with Crippen LogP contribution in [0.25, 0.3) is 10.9 Å². The molecule has 0 aliphatic heterocycles. The van der Waals surface area contributed by atoms with Gasteiger partial charge in [-0.15, -0.1) is 0 Å². The first-order valence-corrected chi connectivity index (χ1v) is 10.9. The SMILES string of the molecule is CS(=O)(=O)c1ccc2ncnc(NC(c3ccc(F)cc3)c3ccc(F)cc3)c2c1. The molecule has 0 spiro atoms. The molecule has 5 nitrogen and oxygen atoms in total. The van der Waals surface area contributed by atoms with Crippen molar-refractivity contribution in [2.75, 3.05) is 11.6 Å². The third-order valence-electron chi connectivity index (χ3n) is 4.72. The molecule has 8 heteroatoms. The monoisotopic (exact) mass is 425 g/mol. The predicted molar refractivity (Wildman–Crippen MR) is 111 cm³/mol. The largest absolute Gasteiger partial charge is 0.359 e. The second kappa shape index (κ2) is 7.79. The van der Waals surface area contributed by atoms with E-state index in [-0.39, 0.29) is 16.5 Å². The Kier molecular flexibility index (Phi) is 5.17. The van der Waals surface area contributed by atoms with Crippen LogP contribution >= 0.6 is 0 Å². The van der Waals surface area contributed by atoms with Crippen LogP contribution in [0.15, 0.2) is 78.0 Å². The summed E-state index contributed by atoms with van der Waals surface area (Å²) < 4.78 is 50.9. The lowest BCUT2D eigenvalue weighted by molar-refractivity contribution is 0.602. The normalized spacial score (nSPS) is 11.7. The fourth-order valence-corrected chi connectivity index (χ4v) is 3.83. The van der Waals surface area contributed by atoms with E-state index < -0.39 is 15.9 Å². The molecule has 1 N–H and O–H groups in total. The van der Waals surface area contributed by atoms with Gasteiger partial charge < -0.3 is 5.32 Å². The number of anilines is 1. The molecule has 0 atom stereocenters. The van der Waals surface area contributed by atoms with Crippen LogP contribution in [0.2, 0.25) is 0 Å². The zero-order valence-corrected chi connectivity index (χ0v) is 16.7. The number of fused-ring (bicyclic) bond motifs is 1. The second-order valence-corrected chi connectivity index (χ2v) is 8.87. The number of hydrogen-bond donors (Lipinski definition) is 1. The lowest BCUT2D eigenvalue weighted by Gasteiger charge is -2.21. The maximum absolute atomic E-state index is 13.4. The lowest BCUT2D eigenvalue weighted by Crippen LogP contribution is -2.14. The molecule has 0 amide bonds. The van der Waals surface area contributed by atoms with Gasteiger partial charge in [-0.3, -0.25) is 0 Å². The first kappa shape index (κ1) is 19.9. The Morgan fingerprint density at radius 2 is 1.40 bits per heavy atom. The molecule has 30 heavy (non-hydrogen) atoms. The van der Waals surface area contributed by atoms with E-state index in [1.807, 2.05) is 0 Å². The van der Waals surface area contributed by atoms with Gasteiger partial charge in [-0.25, -0.2) is 27.2 Å². The maximum Gasteiger partial charge on any atom is 0.175 e. The molecule has 1 aromatic heterocycles. The first-order chi connectivity index (χ1) is 14.3. The minimum atomic E-state index is -3.42. The molecular formula is C22H17F2N3O2S. The summed E-state index contributed by atoms with van der Waals surface area (Å²) in [4.78, 5) is 8.63. The van der Waals surface area contributed by atoms with Gasteiger partial charge in [0.2, 0.25) is 0 Å². The van der Waals surface area contributed by atoms with Gasteiger partial charge in [0.05, 0.1) is 16.5 Å². The van der Waals surface area contributed by atoms with E-state index in [0.717, 1.165) is 17.4 Å². The highest BCUT2D eigenvalue weighted by Gasteiger charge is 2.18. The number of nitrogens with zero attached hydrogens (tertiary/aromatic N) is 2. The van der Waals surface area contributed by atoms with Gasteiger partial charge in [0.1, 0.15) is 23.8 Å². The quantitative estimate of drug-likeness (QED) is 0.509. The lowest BCUT2D eigenvalue weighted by atomic mass is 9.98. The molecule has 4 aromatic rings. The van der Waals surface area contributed by atoms with E-state index in [1.54, 1.807) is 30.3 Å². The number of hydrogen-bond acceptors (Lipinski definition) is 5. The summed E-state index contributed by atoms with van der Waals surface area (Å²) in [5.41, 5.74) is 2.03. The summed E-state index contributed by atoms with van der Waals surface area (Å²) in [7, 11) is -3.42. The molecule has 0 aliphatic rings. The standard InChI is InChI=1S/C22H17F2N3O2S/c1-30(28,29)18-10-11-20-19(12-18)22(26-13-25-20)27-21(14-2-6-16(23)7-3-14)15-4-8-17(24)9-5-15/h2-13,21H,1H3,(H,25,26,27). The van der Waals surface area contributed by atoms with Crippen molar-refractivity contribution < 1.29 is 17.2 Å². The zero-order valence-electron chi connectivity index (χ0n) is 15.9. The van der Waals surface area contributed by atoms with E-state index in [4.69, 9.17) is 0 Å². The highest BCUT2D eigenvalue weighted by atomic mass is 32.2. The van der Waals surface area contributed by atoms with Crippen LogP contribution in [-0.4, -0.2) is 24.6 Å². The third-order valence-corrected chi connectivity index (χ3v) is 5.83. The van der Waals surface area contributed by atoms with Gasteiger partial charge in [0.25, 0.3) is 0 Å². The summed E-state index contributed by atoms with van der Waals surface area (Å²) in [6.07, 6.45) is 2.50. The predicted octanol–water partition coefficient (Wildman–Crippen LogP) is 4.51. The van der Waals surface area contributed by atoms with Crippen LogP contribution in [-0.2, 0) is 9.84 Å². The highest BCUT2D eigenvalue weighted by Crippen LogP contribution is 2.30. The first-order valence-electron chi connectivity index (χ1n) is 9.03. The highest BCUT2D eigenvalue weighted by molar-refractivity contribution is 7.90. The van der Waals surface area contributed by atoms with Crippen LogP contribution in [0, 0.1) is 11.6 Å². The van der Waals surface area contributed by atoms with Gasteiger partial charge >= 0.3 is 0 Å². The average Bonchev–Trinajstić information content (AvgIpc) is 2.72. The number of nitrogens with one attached hydrogen (secondary N) is 1. The molecule has 0 saturated carbocycles. The minimum Gasteiger partial charge on any atom is -0.359 e. The molecule has 0 saturated heterocycles. The Labute approximate surface area is 172 Å². The Bertz CT molecular complexity index is 1260. The van der Waals surface area contributed by atoms with Crippen LogP contribution in [0.1, 0.15) is 17.2 Å². The van der Waals surface area contributed by atoms with Crippen molar-refractivity contribution in [1.82, 2.24) is 9.97 Å². The Balaban J connectivity index is 1.84. The molecule has 1 heterocycles. The number of halogens is 2. The van der Waals surface area contributed by atoms with Crippen LogP contribution in [0.4, 0.5) is 14.6 Å². The third kappa shape index (κ3) is 4.13. The van der Waals surface area contributed by atoms with E-state index in [9.17, 15) is 17.2 Å². The molecule has 3 aromatic carbocycles. The number of rotatable bonds is 5. The Hall–Kier alpha value is -3.39. The topological polar surface area (TPSA) is 72.0 Å². The summed E-state index contributed by atoms with van der Waals surface area (Å²) in [6.45, 7) is 0. The molecule has 0 unspecified atom stereocenters. The minimum absolute atomic E-state index is 0.146. The molecule has 152 valence electrons. The van der Waals surface area contributed by atoms with Crippen LogP contribution in [0.5, 0.6) is 0 Å². The van der Waals surface area contributed by atoms with Gasteiger partial charge in [-0.2, -0.15) is 0 Å². The fourth-order valence-electron chi connectivity index (χ4n) is 3.19. The maximum atomic E-state index is 13.4. The van der Waals surface area contributed by atoms with Crippen molar-refractivity contribution in [3.8, 4) is 0 Å². The van der Waals surface area contributed by atoms with Gasteiger partial charge in [0.15, 0.2) is 9.84 Å². The van der Waals surface area contributed by atoms with E-state index in [0.29, 0.717) is 16.7 Å². The van der Waals surface area contributed by atoms with Crippen molar-refractivity contribution in [3.05, 3.63) is 95.8 Å². The van der Waals surface area contributed by atoms with Crippen molar-refractivity contribution >= 4 is 26.6 Å². The molecular weight excluding hydrogens is 408 g/mol. The van der Waals surface area contributed by atoms with Gasteiger partial charge in [-0.05, 0) is 53.6 Å². The van der Waals surface area contributed by atoms with Crippen molar-refractivity contribution in [1.29, 1.82) is 0 Å². The molecule has 0 fully saturated rings. The van der Waals surface area contributed by atoms with Crippen molar-refractivity contribution in [2.24, 2.45) is 0 Å². The van der Waals surface area contributed by atoms with Gasteiger partial charge in [-0.1, -0.05) is 24.3 Å². The van der Waals surface area contributed by atoms with Crippen LogP contribution < -0.4 is 5.32 Å². The number of benzene rings is 3. The van der Waals surface area contributed by atoms with E-state index in [2.05, 4.69) is 15.3 Å². The summed E-state index contributed by atoms with van der Waals surface area (Å²) in [5.74, 6) is -0.340. The number of aromatic nitrogens is 2. The molecule has 4 rings (SSSR count). The number of sulfone groups is 1. The van der Waals surface area contributed by atoms with Crippen molar-refractivity contribution in [3.63, 3.8) is 0 Å². The summed E-state index contributed by atoms with van der Waals surface area (Å²) in [5, 5.41) is 3.80.